The fourth-order valence-corrected chi connectivity index (χ4v) is 5.85. The van der Waals surface area contributed by atoms with Crippen LogP contribution in [0.1, 0.15) is 23.2 Å². The summed E-state index contributed by atoms with van der Waals surface area (Å²) in [6.45, 7) is 2.30. The average molecular weight is 497 g/mol. The van der Waals surface area contributed by atoms with Gasteiger partial charge in [-0.3, -0.25) is 9.59 Å². The molecule has 0 unspecified atom stereocenters. The Morgan fingerprint density at radius 3 is 2.44 bits per heavy atom. The molecule has 0 aromatic heterocycles. The van der Waals surface area contributed by atoms with Gasteiger partial charge < -0.3 is 15.5 Å². The molecule has 32 heavy (non-hydrogen) atoms. The number of anilines is 2. The van der Waals surface area contributed by atoms with Crippen LogP contribution in [0, 0.1) is 0 Å². The standard InChI is InChI=1S/C21H22Cl2N4O4S/c22-17-5-4-15(32(30,31)27-8-1-2-9-27)12-16(17)21(29)25-14-3-6-19(18(23)11-14)26-10-7-24-20(28)13-26/h3-6,11-12H,1-2,7-10,13H2,(H,24,28)(H,25,29). The Morgan fingerprint density at radius 2 is 1.75 bits per heavy atom. The van der Waals surface area contributed by atoms with Gasteiger partial charge in [0.25, 0.3) is 5.91 Å². The first kappa shape index (κ1) is 22.8. The fourth-order valence-electron chi connectivity index (χ4n) is 3.80. The summed E-state index contributed by atoms with van der Waals surface area (Å²) in [6, 6.07) is 9.11. The molecule has 2 aromatic rings. The maximum absolute atomic E-state index is 12.9. The smallest absolute Gasteiger partial charge is 0.257 e. The number of benzene rings is 2. The molecule has 8 nitrogen and oxygen atoms in total. The summed E-state index contributed by atoms with van der Waals surface area (Å²) >= 11 is 12.6. The van der Waals surface area contributed by atoms with Gasteiger partial charge >= 0.3 is 0 Å². The first-order valence-electron chi connectivity index (χ1n) is 10.2. The van der Waals surface area contributed by atoms with E-state index in [9.17, 15) is 18.0 Å². The van der Waals surface area contributed by atoms with E-state index in [0.29, 0.717) is 42.6 Å². The van der Waals surface area contributed by atoms with Gasteiger partial charge in [-0.05, 0) is 49.2 Å². The third kappa shape index (κ3) is 4.71. The first-order chi connectivity index (χ1) is 15.3. The van der Waals surface area contributed by atoms with E-state index < -0.39 is 15.9 Å². The minimum Gasteiger partial charge on any atom is -0.359 e. The van der Waals surface area contributed by atoms with Gasteiger partial charge in [0, 0.05) is 31.9 Å². The number of carbonyl (C=O) groups excluding carboxylic acids is 2. The van der Waals surface area contributed by atoms with Gasteiger partial charge in [0.15, 0.2) is 0 Å². The molecule has 2 heterocycles. The molecule has 4 rings (SSSR count). The lowest BCUT2D eigenvalue weighted by atomic mass is 10.2. The van der Waals surface area contributed by atoms with E-state index in [-0.39, 0.29) is 27.9 Å². The highest BCUT2D eigenvalue weighted by Crippen LogP contribution is 2.30. The van der Waals surface area contributed by atoms with Crippen molar-refractivity contribution in [3.8, 4) is 0 Å². The molecule has 2 fully saturated rings. The molecule has 2 N–H and O–H groups in total. The van der Waals surface area contributed by atoms with Crippen molar-refractivity contribution in [3.63, 3.8) is 0 Å². The van der Waals surface area contributed by atoms with Gasteiger partial charge in [-0.1, -0.05) is 23.2 Å². The fraction of sp³-hybridized carbons (Fsp3) is 0.333. The van der Waals surface area contributed by atoms with Crippen molar-refractivity contribution in [2.24, 2.45) is 0 Å². The third-order valence-electron chi connectivity index (χ3n) is 5.47. The van der Waals surface area contributed by atoms with Crippen molar-refractivity contribution in [2.45, 2.75) is 17.7 Å². The van der Waals surface area contributed by atoms with Gasteiger partial charge in [-0.15, -0.1) is 0 Å². The zero-order chi connectivity index (χ0) is 22.9. The number of nitrogens with one attached hydrogen (secondary N) is 2. The molecule has 11 heteroatoms. The first-order valence-corrected chi connectivity index (χ1v) is 12.4. The third-order valence-corrected chi connectivity index (χ3v) is 8.00. The number of carbonyl (C=O) groups is 2. The Balaban J connectivity index is 1.54. The van der Waals surface area contributed by atoms with Crippen LogP contribution < -0.4 is 15.5 Å². The Morgan fingerprint density at radius 1 is 1.00 bits per heavy atom. The Bertz CT molecular complexity index is 1170. The Labute approximate surface area is 196 Å². The topological polar surface area (TPSA) is 98.8 Å². The highest BCUT2D eigenvalue weighted by Gasteiger charge is 2.28. The van der Waals surface area contributed by atoms with Crippen LogP contribution >= 0.6 is 23.2 Å². The van der Waals surface area contributed by atoms with Crippen LogP contribution in [0.4, 0.5) is 11.4 Å². The molecular weight excluding hydrogens is 475 g/mol. The number of nitrogens with zero attached hydrogens (tertiary/aromatic N) is 2. The maximum atomic E-state index is 12.9. The number of hydrogen-bond acceptors (Lipinski definition) is 5. The molecular formula is C21H22Cl2N4O4S. The molecule has 2 aromatic carbocycles. The molecule has 0 aliphatic carbocycles. The van der Waals surface area contributed by atoms with Crippen molar-refractivity contribution in [3.05, 3.63) is 52.0 Å². The molecule has 0 spiro atoms. The predicted octanol–water partition coefficient (Wildman–Crippen LogP) is 2.97. The Kier molecular flexibility index (Phi) is 6.62. The molecule has 0 saturated carbocycles. The Hall–Kier alpha value is -2.33. The summed E-state index contributed by atoms with van der Waals surface area (Å²) in [6.07, 6.45) is 1.64. The van der Waals surface area contributed by atoms with Gasteiger partial charge in [0.1, 0.15) is 0 Å². The van der Waals surface area contributed by atoms with Crippen molar-refractivity contribution < 1.29 is 18.0 Å². The monoisotopic (exact) mass is 496 g/mol. The number of halogens is 2. The van der Waals surface area contributed by atoms with Crippen molar-refractivity contribution in [1.82, 2.24) is 9.62 Å². The van der Waals surface area contributed by atoms with E-state index in [0.717, 1.165) is 12.8 Å². The van der Waals surface area contributed by atoms with E-state index in [4.69, 9.17) is 23.2 Å². The van der Waals surface area contributed by atoms with Crippen LogP contribution in [0.25, 0.3) is 0 Å². The molecule has 2 saturated heterocycles. The highest BCUT2D eigenvalue weighted by molar-refractivity contribution is 7.89. The van der Waals surface area contributed by atoms with Crippen molar-refractivity contribution >= 4 is 56.4 Å². The van der Waals surface area contributed by atoms with Gasteiger partial charge in [-0.25, -0.2) is 8.42 Å². The van der Waals surface area contributed by atoms with Gasteiger partial charge in [0.05, 0.1) is 32.7 Å². The molecule has 2 aliphatic heterocycles. The van der Waals surface area contributed by atoms with E-state index in [1.807, 2.05) is 4.90 Å². The van der Waals surface area contributed by atoms with Crippen LogP contribution in [-0.4, -0.2) is 57.3 Å². The summed E-state index contributed by atoms with van der Waals surface area (Å²) < 4.78 is 27.1. The number of piperazine rings is 1. The summed E-state index contributed by atoms with van der Waals surface area (Å²) in [5, 5.41) is 6.00. The van der Waals surface area contributed by atoms with Crippen molar-refractivity contribution in [1.29, 1.82) is 0 Å². The summed E-state index contributed by atoms with van der Waals surface area (Å²) in [4.78, 5) is 26.4. The SMILES string of the molecule is O=C1CN(c2ccc(NC(=O)c3cc(S(=O)(=O)N4CCCC4)ccc3Cl)cc2Cl)CCN1. The molecule has 2 amide bonds. The molecule has 0 atom stereocenters. The average Bonchev–Trinajstić information content (AvgIpc) is 3.30. The van der Waals surface area contributed by atoms with E-state index in [1.165, 1.54) is 22.5 Å². The predicted molar refractivity (Wildman–Crippen MR) is 124 cm³/mol. The van der Waals surface area contributed by atoms with E-state index in [2.05, 4.69) is 10.6 Å². The zero-order valence-corrected chi connectivity index (χ0v) is 19.4. The summed E-state index contributed by atoms with van der Waals surface area (Å²) in [5.74, 6) is -0.627. The lowest BCUT2D eigenvalue weighted by Gasteiger charge is -2.29. The number of amides is 2. The largest absolute Gasteiger partial charge is 0.359 e. The second-order valence-electron chi connectivity index (χ2n) is 7.64. The second kappa shape index (κ2) is 9.27. The lowest BCUT2D eigenvalue weighted by Crippen LogP contribution is -2.47. The highest BCUT2D eigenvalue weighted by atomic mass is 35.5. The van der Waals surface area contributed by atoms with Crippen LogP contribution in [-0.2, 0) is 14.8 Å². The summed E-state index contributed by atoms with van der Waals surface area (Å²) in [7, 11) is -3.68. The van der Waals surface area contributed by atoms with Gasteiger partial charge in [0.2, 0.25) is 15.9 Å². The number of rotatable bonds is 5. The lowest BCUT2D eigenvalue weighted by molar-refractivity contribution is -0.120. The quantitative estimate of drug-likeness (QED) is 0.662. The normalized spacial score (nSPS) is 17.3. The minimum absolute atomic E-state index is 0.0331. The molecule has 2 aliphatic rings. The van der Waals surface area contributed by atoms with Crippen LogP contribution in [0.2, 0.25) is 10.0 Å². The zero-order valence-electron chi connectivity index (χ0n) is 17.1. The van der Waals surface area contributed by atoms with Crippen LogP contribution in [0.15, 0.2) is 41.3 Å². The molecule has 0 radical (unpaired) electrons. The molecule has 0 bridgehead atoms. The van der Waals surface area contributed by atoms with Crippen molar-refractivity contribution in [2.75, 3.05) is 42.9 Å². The maximum Gasteiger partial charge on any atom is 0.257 e. The van der Waals surface area contributed by atoms with E-state index >= 15 is 0 Å². The number of sulfonamides is 1. The van der Waals surface area contributed by atoms with Gasteiger partial charge in [-0.2, -0.15) is 4.31 Å². The second-order valence-corrected chi connectivity index (χ2v) is 10.4. The van der Waals surface area contributed by atoms with E-state index in [1.54, 1.807) is 18.2 Å². The minimum atomic E-state index is -3.68. The summed E-state index contributed by atoms with van der Waals surface area (Å²) in [5.41, 5.74) is 1.17. The van der Waals surface area contributed by atoms with Crippen LogP contribution in [0.5, 0.6) is 0 Å². The molecule has 170 valence electrons. The number of hydrogen-bond donors (Lipinski definition) is 2. The van der Waals surface area contributed by atoms with Crippen LogP contribution in [0.3, 0.4) is 0 Å².